The van der Waals surface area contributed by atoms with E-state index in [-0.39, 0.29) is 11.6 Å². The Kier molecular flexibility index (Phi) is 4.36. The van der Waals surface area contributed by atoms with Gasteiger partial charge in [0, 0.05) is 27.3 Å². The predicted octanol–water partition coefficient (Wildman–Crippen LogP) is 4.59. The molecule has 2 aromatic carbocycles. The third kappa shape index (κ3) is 3.25. The van der Waals surface area contributed by atoms with E-state index in [1.54, 1.807) is 17.8 Å². The number of hydrogen-bond acceptors (Lipinski definition) is 2. The molecule has 1 amide bonds. The van der Waals surface area contributed by atoms with E-state index in [0.717, 1.165) is 40.8 Å². The Morgan fingerprint density at radius 2 is 1.91 bits per heavy atom. The number of carbonyl (C=O) groups is 1. The molecular weight excluding hydrogens is 328 g/mol. The SMILES string of the molecule is O=C(NC1CCSc2ccc(Cl)cc21)c1cc(F)cc(F)c1. The lowest BCUT2D eigenvalue weighted by Crippen LogP contribution is -2.30. The first kappa shape index (κ1) is 15.3. The van der Waals surface area contributed by atoms with Crippen LogP contribution in [0, 0.1) is 11.6 Å². The van der Waals surface area contributed by atoms with Gasteiger partial charge in [0.25, 0.3) is 5.91 Å². The summed E-state index contributed by atoms with van der Waals surface area (Å²) >= 11 is 7.71. The molecule has 2 nitrogen and oxygen atoms in total. The van der Waals surface area contributed by atoms with Crippen LogP contribution in [-0.4, -0.2) is 11.7 Å². The lowest BCUT2D eigenvalue weighted by atomic mass is 10.0. The number of halogens is 3. The van der Waals surface area contributed by atoms with Crippen LogP contribution in [0.15, 0.2) is 41.3 Å². The monoisotopic (exact) mass is 339 g/mol. The van der Waals surface area contributed by atoms with E-state index in [9.17, 15) is 13.6 Å². The first-order valence-electron chi connectivity index (χ1n) is 6.72. The lowest BCUT2D eigenvalue weighted by Gasteiger charge is -2.26. The molecule has 3 rings (SSSR count). The molecule has 0 saturated carbocycles. The van der Waals surface area contributed by atoms with Crippen molar-refractivity contribution in [3.63, 3.8) is 0 Å². The van der Waals surface area contributed by atoms with Crippen molar-refractivity contribution in [2.24, 2.45) is 0 Å². The van der Waals surface area contributed by atoms with E-state index in [4.69, 9.17) is 11.6 Å². The van der Waals surface area contributed by atoms with Gasteiger partial charge in [0.15, 0.2) is 0 Å². The molecule has 0 saturated heterocycles. The molecule has 0 fully saturated rings. The normalized spacial score (nSPS) is 17.0. The van der Waals surface area contributed by atoms with Crippen molar-refractivity contribution < 1.29 is 13.6 Å². The van der Waals surface area contributed by atoms with E-state index < -0.39 is 17.5 Å². The number of nitrogens with one attached hydrogen (secondary N) is 1. The van der Waals surface area contributed by atoms with E-state index in [0.29, 0.717) is 5.02 Å². The van der Waals surface area contributed by atoms with E-state index in [1.807, 2.05) is 12.1 Å². The highest BCUT2D eigenvalue weighted by molar-refractivity contribution is 7.99. The summed E-state index contributed by atoms with van der Waals surface area (Å²) in [6.07, 6.45) is 0.738. The number of rotatable bonds is 2. The van der Waals surface area contributed by atoms with Crippen LogP contribution >= 0.6 is 23.4 Å². The largest absolute Gasteiger partial charge is 0.345 e. The molecule has 2 aromatic rings. The molecule has 0 aliphatic carbocycles. The summed E-state index contributed by atoms with van der Waals surface area (Å²) in [7, 11) is 0. The summed E-state index contributed by atoms with van der Waals surface area (Å²) < 4.78 is 26.4. The summed E-state index contributed by atoms with van der Waals surface area (Å²) in [6, 6.07) is 8.11. The minimum Gasteiger partial charge on any atom is -0.345 e. The maximum Gasteiger partial charge on any atom is 0.251 e. The molecule has 1 atom stereocenters. The third-order valence-electron chi connectivity index (χ3n) is 3.44. The van der Waals surface area contributed by atoms with Crippen LogP contribution in [0.4, 0.5) is 8.78 Å². The molecule has 0 radical (unpaired) electrons. The highest BCUT2D eigenvalue weighted by Crippen LogP contribution is 2.37. The van der Waals surface area contributed by atoms with Gasteiger partial charge in [0.2, 0.25) is 0 Å². The summed E-state index contributed by atoms with van der Waals surface area (Å²) in [5.74, 6) is -1.18. The van der Waals surface area contributed by atoms with Crippen LogP contribution in [0.25, 0.3) is 0 Å². The van der Waals surface area contributed by atoms with Crippen LogP contribution in [0.1, 0.15) is 28.4 Å². The van der Waals surface area contributed by atoms with Gasteiger partial charge in [-0.1, -0.05) is 11.6 Å². The molecule has 1 aliphatic rings. The second-order valence-corrected chi connectivity index (χ2v) is 6.58. The predicted molar refractivity (Wildman–Crippen MR) is 83.4 cm³/mol. The van der Waals surface area contributed by atoms with Crippen LogP contribution in [0.3, 0.4) is 0 Å². The van der Waals surface area contributed by atoms with Gasteiger partial charge in [0.05, 0.1) is 6.04 Å². The fourth-order valence-corrected chi connectivity index (χ4v) is 3.73. The van der Waals surface area contributed by atoms with Gasteiger partial charge in [-0.2, -0.15) is 0 Å². The van der Waals surface area contributed by atoms with Gasteiger partial charge in [-0.05, 0) is 42.3 Å². The average molecular weight is 340 g/mol. The number of amides is 1. The Labute approximate surface area is 135 Å². The van der Waals surface area contributed by atoms with E-state index in [1.165, 1.54) is 0 Å². The third-order valence-corrected chi connectivity index (χ3v) is 4.80. The summed E-state index contributed by atoms with van der Waals surface area (Å²) in [6.45, 7) is 0. The van der Waals surface area contributed by atoms with Crippen LogP contribution in [0.5, 0.6) is 0 Å². The average Bonchev–Trinajstić information content (AvgIpc) is 2.47. The molecule has 1 heterocycles. The molecule has 1 N–H and O–H groups in total. The van der Waals surface area contributed by atoms with Crippen LogP contribution in [0.2, 0.25) is 5.02 Å². The second-order valence-electron chi connectivity index (χ2n) is 5.00. The molecule has 0 spiro atoms. The number of hydrogen-bond donors (Lipinski definition) is 1. The number of thioether (sulfide) groups is 1. The summed E-state index contributed by atoms with van der Waals surface area (Å²) in [5.41, 5.74) is 0.910. The van der Waals surface area contributed by atoms with Crippen molar-refractivity contribution in [1.29, 1.82) is 0 Å². The second kappa shape index (κ2) is 6.26. The molecule has 0 bridgehead atoms. The van der Waals surface area contributed by atoms with Crippen LogP contribution < -0.4 is 5.32 Å². The maximum absolute atomic E-state index is 13.2. The Balaban J connectivity index is 1.85. The quantitative estimate of drug-likeness (QED) is 0.867. The van der Waals surface area contributed by atoms with Crippen molar-refractivity contribution in [2.75, 3.05) is 5.75 Å². The van der Waals surface area contributed by atoms with Gasteiger partial charge in [0.1, 0.15) is 11.6 Å². The smallest absolute Gasteiger partial charge is 0.251 e. The lowest BCUT2D eigenvalue weighted by molar-refractivity contribution is 0.0934. The molecular formula is C16H12ClF2NOS. The van der Waals surface area contributed by atoms with Crippen molar-refractivity contribution in [3.8, 4) is 0 Å². The van der Waals surface area contributed by atoms with Gasteiger partial charge in [-0.15, -0.1) is 11.8 Å². The standard InChI is InChI=1S/C16H12ClF2NOS/c17-10-1-2-15-13(7-10)14(3-4-22-15)20-16(21)9-5-11(18)8-12(19)6-9/h1-2,5-8,14H,3-4H2,(H,20,21). The Morgan fingerprint density at radius 1 is 1.18 bits per heavy atom. The zero-order valence-electron chi connectivity index (χ0n) is 11.4. The number of benzene rings is 2. The van der Waals surface area contributed by atoms with Crippen molar-refractivity contribution in [1.82, 2.24) is 5.32 Å². The maximum atomic E-state index is 13.2. The van der Waals surface area contributed by atoms with Gasteiger partial charge in [-0.25, -0.2) is 8.78 Å². The van der Waals surface area contributed by atoms with Gasteiger partial charge >= 0.3 is 0 Å². The first-order valence-corrected chi connectivity index (χ1v) is 8.08. The molecule has 114 valence electrons. The molecule has 6 heteroatoms. The number of carbonyl (C=O) groups excluding carboxylic acids is 1. The van der Waals surface area contributed by atoms with Crippen LogP contribution in [-0.2, 0) is 0 Å². The van der Waals surface area contributed by atoms with E-state index >= 15 is 0 Å². The number of fused-ring (bicyclic) bond motifs is 1. The molecule has 1 aliphatic heterocycles. The Hall–Kier alpha value is -1.59. The van der Waals surface area contributed by atoms with Gasteiger partial charge < -0.3 is 5.32 Å². The summed E-state index contributed by atoms with van der Waals surface area (Å²) in [5, 5.41) is 3.42. The Morgan fingerprint density at radius 3 is 2.64 bits per heavy atom. The summed E-state index contributed by atoms with van der Waals surface area (Å²) in [4.78, 5) is 13.3. The fraction of sp³-hybridized carbons (Fsp3) is 0.188. The molecule has 1 unspecified atom stereocenters. The zero-order chi connectivity index (χ0) is 15.7. The van der Waals surface area contributed by atoms with Crippen molar-refractivity contribution >= 4 is 29.3 Å². The molecule has 0 aromatic heterocycles. The van der Waals surface area contributed by atoms with Crippen molar-refractivity contribution in [3.05, 3.63) is 64.2 Å². The van der Waals surface area contributed by atoms with Crippen molar-refractivity contribution in [2.45, 2.75) is 17.4 Å². The fourth-order valence-electron chi connectivity index (χ4n) is 2.44. The Bertz CT molecular complexity index is 718. The van der Waals surface area contributed by atoms with Gasteiger partial charge in [-0.3, -0.25) is 4.79 Å². The molecule has 22 heavy (non-hydrogen) atoms. The van der Waals surface area contributed by atoms with E-state index in [2.05, 4.69) is 5.32 Å². The minimum absolute atomic E-state index is 0.0284. The minimum atomic E-state index is -0.771. The topological polar surface area (TPSA) is 29.1 Å². The first-order chi connectivity index (χ1) is 10.5. The highest BCUT2D eigenvalue weighted by atomic mass is 35.5. The zero-order valence-corrected chi connectivity index (χ0v) is 13.0. The highest BCUT2D eigenvalue weighted by Gasteiger charge is 2.23.